The molecule has 0 spiro atoms. The summed E-state index contributed by atoms with van der Waals surface area (Å²) >= 11 is 0. The first kappa shape index (κ1) is 10.0. The smallest absolute Gasteiger partial charge is 0.0672 e. The minimum absolute atomic E-state index is 0.160. The lowest BCUT2D eigenvalue weighted by molar-refractivity contribution is 0.315. The Morgan fingerprint density at radius 3 is 2.69 bits per heavy atom. The van der Waals surface area contributed by atoms with Crippen LogP contribution in [0.2, 0.25) is 0 Å². The van der Waals surface area contributed by atoms with Gasteiger partial charge in [-0.15, -0.1) is 0 Å². The van der Waals surface area contributed by atoms with Crippen LogP contribution in [-0.4, -0.2) is 12.6 Å². The molecule has 2 unspecified atom stereocenters. The van der Waals surface area contributed by atoms with Crippen molar-refractivity contribution in [2.24, 2.45) is 5.92 Å². The second-order valence-corrected chi connectivity index (χ2v) is 3.49. The van der Waals surface area contributed by atoms with Gasteiger partial charge in [0.2, 0.25) is 0 Å². The maximum absolute atomic E-state index is 8.86. The molecule has 3 heteroatoms. The zero-order valence-electron chi connectivity index (χ0n) is 7.79. The summed E-state index contributed by atoms with van der Waals surface area (Å²) in [7, 11) is 0. The molecule has 1 saturated carbocycles. The minimum atomic E-state index is 0.160. The highest BCUT2D eigenvalue weighted by atomic mass is 14.9. The van der Waals surface area contributed by atoms with Gasteiger partial charge in [-0.3, -0.25) is 0 Å². The lowest BCUT2D eigenvalue weighted by Gasteiger charge is -2.27. The second kappa shape index (κ2) is 5.56. The lowest BCUT2D eigenvalue weighted by Crippen LogP contribution is -2.38. The molecule has 0 aromatic heterocycles. The van der Waals surface area contributed by atoms with Crippen LogP contribution in [0, 0.1) is 28.6 Å². The average molecular weight is 177 g/mol. The van der Waals surface area contributed by atoms with Crippen molar-refractivity contribution in [3.8, 4) is 12.1 Å². The van der Waals surface area contributed by atoms with Crippen LogP contribution in [0.3, 0.4) is 0 Å². The van der Waals surface area contributed by atoms with Gasteiger partial charge in [-0.25, -0.2) is 0 Å². The van der Waals surface area contributed by atoms with Crippen molar-refractivity contribution in [3.05, 3.63) is 0 Å². The molecule has 0 amide bonds. The fourth-order valence-corrected chi connectivity index (χ4v) is 1.84. The van der Waals surface area contributed by atoms with Gasteiger partial charge in [0.05, 0.1) is 18.1 Å². The van der Waals surface area contributed by atoms with Crippen LogP contribution in [0.5, 0.6) is 0 Å². The van der Waals surface area contributed by atoms with Gasteiger partial charge in [0.25, 0.3) is 0 Å². The van der Waals surface area contributed by atoms with Crippen LogP contribution in [0.1, 0.15) is 32.1 Å². The van der Waals surface area contributed by atoms with E-state index in [-0.39, 0.29) is 5.92 Å². The molecule has 3 nitrogen and oxygen atoms in total. The summed E-state index contributed by atoms with van der Waals surface area (Å²) in [6.45, 7) is 0.722. The van der Waals surface area contributed by atoms with E-state index in [4.69, 9.17) is 10.5 Å². The highest BCUT2D eigenvalue weighted by Gasteiger charge is 2.23. The van der Waals surface area contributed by atoms with Gasteiger partial charge in [-0.2, -0.15) is 10.5 Å². The number of nitriles is 2. The zero-order valence-corrected chi connectivity index (χ0v) is 7.79. The Morgan fingerprint density at radius 2 is 2.00 bits per heavy atom. The molecule has 0 bridgehead atoms. The van der Waals surface area contributed by atoms with Crippen LogP contribution >= 0.6 is 0 Å². The second-order valence-electron chi connectivity index (χ2n) is 3.49. The molecular formula is C10H15N3. The first-order valence-corrected chi connectivity index (χ1v) is 4.88. The zero-order chi connectivity index (χ0) is 9.52. The lowest BCUT2D eigenvalue weighted by atomic mass is 9.85. The predicted molar refractivity (Wildman–Crippen MR) is 49.6 cm³/mol. The third-order valence-corrected chi connectivity index (χ3v) is 2.58. The van der Waals surface area contributed by atoms with E-state index in [0.29, 0.717) is 12.5 Å². The van der Waals surface area contributed by atoms with E-state index in [1.54, 1.807) is 0 Å². The predicted octanol–water partition coefficient (Wildman–Crippen LogP) is 1.57. The molecule has 0 radical (unpaired) electrons. The summed E-state index contributed by atoms with van der Waals surface area (Å²) < 4.78 is 0. The van der Waals surface area contributed by atoms with E-state index in [2.05, 4.69) is 17.5 Å². The Bertz CT molecular complexity index is 223. The van der Waals surface area contributed by atoms with E-state index < -0.39 is 0 Å². The van der Waals surface area contributed by atoms with E-state index in [9.17, 15) is 0 Å². The van der Waals surface area contributed by atoms with Crippen LogP contribution in [0.15, 0.2) is 0 Å². The summed E-state index contributed by atoms with van der Waals surface area (Å²) in [6, 6.07) is 4.76. The van der Waals surface area contributed by atoms with Crippen molar-refractivity contribution in [1.82, 2.24) is 5.32 Å². The molecule has 0 saturated heterocycles. The molecule has 2 atom stereocenters. The summed E-state index contributed by atoms with van der Waals surface area (Å²) in [5.41, 5.74) is 0. The Morgan fingerprint density at radius 1 is 1.23 bits per heavy atom. The van der Waals surface area contributed by atoms with Gasteiger partial charge in [0.1, 0.15) is 0 Å². The van der Waals surface area contributed by atoms with Gasteiger partial charge >= 0.3 is 0 Å². The van der Waals surface area contributed by atoms with Crippen LogP contribution < -0.4 is 5.32 Å². The minimum Gasteiger partial charge on any atom is -0.312 e. The molecule has 1 rings (SSSR count). The van der Waals surface area contributed by atoms with E-state index in [1.165, 1.54) is 12.8 Å². The molecule has 70 valence electrons. The molecule has 0 aromatic rings. The molecular weight excluding hydrogens is 162 g/mol. The van der Waals surface area contributed by atoms with Gasteiger partial charge in [-0.05, 0) is 12.8 Å². The number of nitrogens with one attached hydrogen (secondary N) is 1. The standard InChI is InChI=1S/C10H15N3/c11-6-3-7-13-10-5-2-1-4-9(10)8-12/h9-10,13H,1-5,7H2. The van der Waals surface area contributed by atoms with Gasteiger partial charge < -0.3 is 5.32 Å². The van der Waals surface area contributed by atoms with Crippen LogP contribution in [0.25, 0.3) is 0 Å². The Labute approximate surface area is 79.4 Å². The number of rotatable bonds is 3. The third-order valence-electron chi connectivity index (χ3n) is 2.58. The first-order chi connectivity index (χ1) is 6.38. The van der Waals surface area contributed by atoms with Crippen molar-refractivity contribution < 1.29 is 0 Å². The Kier molecular flexibility index (Phi) is 4.29. The Balaban J connectivity index is 2.29. The van der Waals surface area contributed by atoms with Gasteiger partial charge in [-0.1, -0.05) is 12.8 Å². The molecule has 13 heavy (non-hydrogen) atoms. The van der Waals surface area contributed by atoms with Crippen molar-refractivity contribution in [2.75, 3.05) is 6.54 Å². The highest BCUT2D eigenvalue weighted by Crippen LogP contribution is 2.23. The quantitative estimate of drug-likeness (QED) is 0.666. The first-order valence-electron chi connectivity index (χ1n) is 4.88. The maximum Gasteiger partial charge on any atom is 0.0672 e. The van der Waals surface area contributed by atoms with E-state index in [1.807, 2.05) is 0 Å². The third kappa shape index (κ3) is 3.05. The SMILES string of the molecule is N#CCCNC1CCCCC1C#N. The summed E-state index contributed by atoms with van der Waals surface area (Å²) in [5.74, 6) is 0.160. The topological polar surface area (TPSA) is 59.6 Å². The molecule has 1 fully saturated rings. The molecule has 1 N–H and O–H groups in total. The molecule has 0 heterocycles. The molecule has 1 aliphatic rings. The van der Waals surface area contributed by atoms with Crippen molar-refractivity contribution >= 4 is 0 Å². The van der Waals surface area contributed by atoms with Gasteiger partial charge in [0, 0.05) is 19.0 Å². The van der Waals surface area contributed by atoms with E-state index >= 15 is 0 Å². The van der Waals surface area contributed by atoms with Crippen molar-refractivity contribution in [2.45, 2.75) is 38.1 Å². The number of hydrogen-bond donors (Lipinski definition) is 1. The fraction of sp³-hybridized carbons (Fsp3) is 0.800. The highest BCUT2D eigenvalue weighted by molar-refractivity contribution is 4.94. The van der Waals surface area contributed by atoms with Crippen LogP contribution in [-0.2, 0) is 0 Å². The Hall–Kier alpha value is -1.06. The monoisotopic (exact) mass is 177 g/mol. The fourth-order valence-electron chi connectivity index (χ4n) is 1.84. The van der Waals surface area contributed by atoms with Crippen molar-refractivity contribution in [1.29, 1.82) is 10.5 Å². The average Bonchev–Trinajstić information content (AvgIpc) is 2.19. The molecule has 1 aliphatic carbocycles. The molecule has 0 aromatic carbocycles. The van der Waals surface area contributed by atoms with Crippen LogP contribution in [0.4, 0.5) is 0 Å². The maximum atomic E-state index is 8.86. The number of hydrogen-bond acceptors (Lipinski definition) is 3. The van der Waals surface area contributed by atoms with Gasteiger partial charge in [0.15, 0.2) is 0 Å². The summed E-state index contributed by atoms with van der Waals surface area (Å²) in [4.78, 5) is 0. The van der Waals surface area contributed by atoms with E-state index in [0.717, 1.165) is 19.4 Å². The molecule has 0 aliphatic heterocycles. The summed E-state index contributed by atoms with van der Waals surface area (Å²) in [6.07, 6.45) is 5.02. The number of nitrogens with zero attached hydrogens (tertiary/aromatic N) is 2. The van der Waals surface area contributed by atoms with Crippen molar-refractivity contribution in [3.63, 3.8) is 0 Å². The summed E-state index contributed by atoms with van der Waals surface area (Å²) in [5, 5.41) is 20.5. The normalized spacial score (nSPS) is 27.5. The largest absolute Gasteiger partial charge is 0.312 e.